The molecule has 1 aliphatic rings. The van der Waals surface area contributed by atoms with Crippen LogP contribution >= 0.6 is 0 Å². The lowest BCUT2D eigenvalue weighted by molar-refractivity contribution is -0.160. The average molecular weight is 342 g/mol. The Bertz CT molecular complexity index is 797. The van der Waals surface area contributed by atoms with Gasteiger partial charge in [0.2, 0.25) is 5.91 Å². The number of carbonyl (C=O) groups excluding carboxylic acids is 2. The highest BCUT2D eigenvalue weighted by atomic mass is 16.5. The molecule has 132 valence electrons. The molecule has 1 N–H and O–H groups in total. The lowest BCUT2D eigenvalue weighted by Gasteiger charge is -2.38. The molecule has 0 saturated carbocycles. The molecule has 2 atom stereocenters. The van der Waals surface area contributed by atoms with Crippen LogP contribution in [0.3, 0.4) is 0 Å². The molecule has 3 rings (SSSR count). The highest BCUT2D eigenvalue weighted by Crippen LogP contribution is 2.30. The van der Waals surface area contributed by atoms with Crippen molar-refractivity contribution in [3.8, 4) is 0 Å². The van der Waals surface area contributed by atoms with Crippen molar-refractivity contribution in [3.63, 3.8) is 0 Å². The van der Waals surface area contributed by atoms with Crippen LogP contribution in [-0.2, 0) is 21.4 Å². The summed E-state index contributed by atoms with van der Waals surface area (Å²) in [7, 11) is 3.46. The van der Waals surface area contributed by atoms with E-state index in [0.29, 0.717) is 5.82 Å². The monoisotopic (exact) mass is 342 g/mol. The Morgan fingerprint density at radius 2 is 1.92 bits per heavy atom. The third-order valence-corrected chi connectivity index (χ3v) is 4.41. The number of amides is 2. The minimum Gasteiger partial charge on any atom is -0.356 e. The summed E-state index contributed by atoms with van der Waals surface area (Å²) in [5.41, 5.74) is 2.79. The van der Waals surface area contributed by atoms with Gasteiger partial charge < -0.3 is 15.0 Å². The predicted octanol–water partition coefficient (Wildman–Crippen LogP) is 1.57. The van der Waals surface area contributed by atoms with Gasteiger partial charge in [-0.25, -0.2) is 0 Å². The Labute approximate surface area is 146 Å². The van der Waals surface area contributed by atoms with Gasteiger partial charge in [-0.1, -0.05) is 29.8 Å². The summed E-state index contributed by atoms with van der Waals surface area (Å²) in [5, 5.41) is 7.07. The molecule has 7 nitrogen and oxygen atoms in total. The third-order valence-electron chi connectivity index (χ3n) is 4.41. The second-order valence-electron chi connectivity index (χ2n) is 6.38. The van der Waals surface area contributed by atoms with Crippen LogP contribution in [0, 0.1) is 13.8 Å². The number of aromatic nitrogens is 2. The molecule has 1 aliphatic heterocycles. The number of aryl methyl sites for hydroxylation is 3. The van der Waals surface area contributed by atoms with Gasteiger partial charge in [-0.15, -0.1) is 0 Å². The van der Waals surface area contributed by atoms with E-state index in [4.69, 9.17) is 4.74 Å². The van der Waals surface area contributed by atoms with Crippen molar-refractivity contribution < 1.29 is 14.3 Å². The quantitative estimate of drug-likeness (QED) is 0.919. The van der Waals surface area contributed by atoms with Gasteiger partial charge in [-0.3, -0.25) is 14.3 Å². The maximum absolute atomic E-state index is 12.8. The first-order chi connectivity index (χ1) is 11.9. The number of anilines is 1. The molecule has 1 saturated heterocycles. The van der Waals surface area contributed by atoms with Crippen LogP contribution in [0.5, 0.6) is 0 Å². The van der Waals surface area contributed by atoms with Gasteiger partial charge in [-0.05, 0) is 19.4 Å². The van der Waals surface area contributed by atoms with Crippen LogP contribution in [0.4, 0.5) is 5.82 Å². The third kappa shape index (κ3) is 3.41. The van der Waals surface area contributed by atoms with E-state index >= 15 is 0 Å². The summed E-state index contributed by atoms with van der Waals surface area (Å²) in [6, 6.07) is 9.08. The zero-order valence-electron chi connectivity index (χ0n) is 14.8. The summed E-state index contributed by atoms with van der Waals surface area (Å²) in [6.45, 7) is 3.74. The van der Waals surface area contributed by atoms with Gasteiger partial charge in [-0.2, -0.15) is 5.10 Å². The topological polar surface area (TPSA) is 76.5 Å². The second-order valence-corrected chi connectivity index (χ2v) is 6.38. The molecule has 0 unspecified atom stereocenters. The van der Waals surface area contributed by atoms with Gasteiger partial charge in [0.05, 0.1) is 11.7 Å². The Morgan fingerprint density at radius 3 is 2.52 bits per heavy atom. The molecule has 0 spiro atoms. The number of nitrogens with one attached hydrogen (secondary N) is 1. The first kappa shape index (κ1) is 17.2. The number of likely N-dealkylation sites (N-methyl/N-ethyl adjacent to an activating group) is 1. The van der Waals surface area contributed by atoms with Gasteiger partial charge in [0.1, 0.15) is 12.4 Å². The number of morpholine rings is 1. The first-order valence-electron chi connectivity index (χ1n) is 8.12. The van der Waals surface area contributed by atoms with E-state index in [1.165, 1.54) is 0 Å². The number of carbonyl (C=O) groups is 2. The highest BCUT2D eigenvalue weighted by molar-refractivity contribution is 5.95. The minimum absolute atomic E-state index is 0.110. The van der Waals surface area contributed by atoms with Gasteiger partial charge in [0, 0.05) is 20.2 Å². The summed E-state index contributed by atoms with van der Waals surface area (Å²) in [4.78, 5) is 26.5. The smallest absolute Gasteiger partial charge is 0.257 e. The Morgan fingerprint density at radius 1 is 1.24 bits per heavy atom. The Hall–Kier alpha value is -2.67. The summed E-state index contributed by atoms with van der Waals surface area (Å²) in [5.74, 6) is 0.146. The lowest BCUT2D eigenvalue weighted by Crippen LogP contribution is -2.51. The molecule has 1 aromatic carbocycles. The lowest BCUT2D eigenvalue weighted by atomic mass is 9.97. The predicted molar refractivity (Wildman–Crippen MR) is 93.0 cm³/mol. The number of hydrogen-bond acceptors (Lipinski definition) is 4. The van der Waals surface area contributed by atoms with Gasteiger partial charge >= 0.3 is 0 Å². The van der Waals surface area contributed by atoms with Crippen molar-refractivity contribution in [2.45, 2.75) is 26.0 Å². The van der Waals surface area contributed by atoms with Crippen molar-refractivity contribution in [1.82, 2.24) is 14.7 Å². The summed E-state index contributed by atoms with van der Waals surface area (Å²) < 4.78 is 7.21. The van der Waals surface area contributed by atoms with Crippen LogP contribution in [0.2, 0.25) is 0 Å². The van der Waals surface area contributed by atoms with Crippen LogP contribution in [0.1, 0.15) is 22.9 Å². The molecule has 2 amide bonds. The van der Waals surface area contributed by atoms with Crippen LogP contribution in [-0.4, -0.2) is 46.3 Å². The molecule has 0 radical (unpaired) electrons. The number of nitrogens with zero attached hydrogens (tertiary/aromatic N) is 3. The molecule has 7 heteroatoms. The van der Waals surface area contributed by atoms with Crippen LogP contribution < -0.4 is 5.32 Å². The standard InChI is InChI=1S/C18H22N4O3/c1-11-5-7-13(8-6-11)16-17(25-10-15(23)21(16)3)18(24)19-14-9-12(2)20-22(14)4/h5-9,16-17H,10H2,1-4H3,(H,19,24)/t16-,17-/m1/s1. The Kier molecular flexibility index (Phi) is 4.59. The molecule has 2 aromatic rings. The molecule has 0 bridgehead atoms. The van der Waals surface area contributed by atoms with Crippen molar-refractivity contribution >= 4 is 17.6 Å². The van der Waals surface area contributed by atoms with E-state index in [2.05, 4.69) is 10.4 Å². The van der Waals surface area contributed by atoms with Crippen molar-refractivity contribution in [2.24, 2.45) is 7.05 Å². The fraction of sp³-hybridized carbons (Fsp3) is 0.389. The first-order valence-corrected chi connectivity index (χ1v) is 8.12. The zero-order valence-corrected chi connectivity index (χ0v) is 14.8. The van der Waals surface area contributed by atoms with E-state index < -0.39 is 12.1 Å². The van der Waals surface area contributed by atoms with Gasteiger partial charge in [0.25, 0.3) is 5.91 Å². The number of hydrogen-bond donors (Lipinski definition) is 1. The molecular weight excluding hydrogens is 320 g/mol. The number of rotatable bonds is 3. The van der Waals surface area contributed by atoms with E-state index in [1.54, 1.807) is 29.7 Å². The molecule has 0 aliphatic carbocycles. The molecule has 25 heavy (non-hydrogen) atoms. The number of benzene rings is 1. The average Bonchev–Trinajstić information content (AvgIpc) is 2.88. The van der Waals surface area contributed by atoms with Crippen molar-refractivity contribution in [1.29, 1.82) is 0 Å². The largest absolute Gasteiger partial charge is 0.356 e. The van der Waals surface area contributed by atoms with E-state index in [0.717, 1.165) is 16.8 Å². The van der Waals surface area contributed by atoms with E-state index in [-0.39, 0.29) is 18.4 Å². The summed E-state index contributed by atoms with van der Waals surface area (Å²) >= 11 is 0. The maximum Gasteiger partial charge on any atom is 0.257 e. The second kappa shape index (κ2) is 6.68. The zero-order chi connectivity index (χ0) is 18.1. The highest BCUT2D eigenvalue weighted by Gasteiger charge is 2.40. The molecular formula is C18H22N4O3. The van der Waals surface area contributed by atoms with Crippen molar-refractivity contribution in [3.05, 3.63) is 47.2 Å². The number of ether oxygens (including phenoxy) is 1. The minimum atomic E-state index is -0.791. The fourth-order valence-corrected chi connectivity index (χ4v) is 3.02. The fourth-order valence-electron chi connectivity index (χ4n) is 3.02. The summed E-state index contributed by atoms with van der Waals surface area (Å²) in [6.07, 6.45) is -0.791. The van der Waals surface area contributed by atoms with E-state index in [9.17, 15) is 9.59 Å². The SMILES string of the molecule is Cc1ccc([C@@H]2[C@H](C(=O)Nc3cc(C)nn3C)OCC(=O)N2C)cc1. The van der Waals surface area contributed by atoms with Gasteiger partial charge in [0.15, 0.2) is 6.10 Å². The Balaban J connectivity index is 1.88. The normalized spacial score (nSPS) is 20.6. The molecule has 2 heterocycles. The maximum atomic E-state index is 12.8. The van der Waals surface area contributed by atoms with Crippen LogP contribution in [0.25, 0.3) is 0 Å². The van der Waals surface area contributed by atoms with Crippen molar-refractivity contribution in [2.75, 3.05) is 19.0 Å². The molecule has 1 aromatic heterocycles. The molecule has 1 fully saturated rings. The van der Waals surface area contributed by atoms with Crippen LogP contribution in [0.15, 0.2) is 30.3 Å². The van der Waals surface area contributed by atoms with E-state index in [1.807, 2.05) is 38.1 Å².